The third-order valence-corrected chi connectivity index (χ3v) is 6.77. The van der Waals surface area contributed by atoms with Crippen molar-refractivity contribution in [1.29, 1.82) is 0 Å². The van der Waals surface area contributed by atoms with E-state index in [9.17, 15) is 8.42 Å². The first-order valence-corrected chi connectivity index (χ1v) is 10.4. The number of benzene rings is 2. The van der Waals surface area contributed by atoms with E-state index in [-0.39, 0.29) is 10.9 Å². The Bertz CT molecular complexity index is 865. The summed E-state index contributed by atoms with van der Waals surface area (Å²) in [5.74, 6) is 0.668. The molecule has 24 heavy (non-hydrogen) atoms. The maximum absolute atomic E-state index is 12.6. The Morgan fingerprint density at radius 3 is 2.58 bits per heavy atom. The van der Waals surface area contributed by atoms with Crippen molar-refractivity contribution in [2.75, 3.05) is 7.11 Å². The monoisotopic (exact) mass is 457 g/mol. The smallest absolute Gasteiger partial charge is 0.241 e. The molecular weight excluding hydrogens is 437 g/mol. The SMILES string of the molecule is COc1ccc(S(=O)(=O)N[C@H](C)c2ccc3c(c2)CCC3)cc1I. The van der Waals surface area contributed by atoms with E-state index in [1.165, 1.54) is 17.5 Å². The van der Waals surface area contributed by atoms with Crippen LogP contribution in [-0.4, -0.2) is 15.5 Å². The number of halogens is 1. The van der Waals surface area contributed by atoms with Gasteiger partial charge in [0.1, 0.15) is 5.75 Å². The van der Waals surface area contributed by atoms with Crippen LogP contribution in [0.4, 0.5) is 0 Å². The van der Waals surface area contributed by atoms with Gasteiger partial charge in [0, 0.05) is 6.04 Å². The zero-order chi connectivity index (χ0) is 17.3. The van der Waals surface area contributed by atoms with Crippen LogP contribution in [-0.2, 0) is 22.9 Å². The average molecular weight is 457 g/mol. The quantitative estimate of drug-likeness (QED) is 0.695. The molecule has 0 saturated heterocycles. The lowest BCUT2D eigenvalue weighted by atomic mass is 10.0. The van der Waals surface area contributed by atoms with Gasteiger partial charge >= 0.3 is 0 Å². The molecule has 4 nitrogen and oxygen atoms in total. The first-order chi connectivity index (χ1) is 11.4. The van der Waals surface area contributed by atoms with Crippen molar-refractivity contribution in [3.05, 3.63) is 56.7 Å². The highest BCUT2D eigenvalue weighted by Gasteiger charge is 2.21. The van der Waals surface area contributed by atoms with Gasteiger partial charge in [0.2, 0.25) is 10.0 Å². The zero-order valence-electron chi connectivity index (χ0n) is 13.7. The second kappa shape index (κ2) is 7.01. The molecule has 0 amide bonds. The topological polar surface area (TPSA) is 55.4 Å². The molecule has 0 radical (unpaired) electrons. The van der Waals surface area contributed by atoms with Crippen LogP contribution in [0.3, 0.4) is 0 Å². The van der Waals surface area contributed by atoms with Gasteiger partial charge in [-0.2, -0.15) is 0 Å². The van der Waals surface area contributed by atoms with Crippen molar-refractivity contribution in [2.24, 2.45) is 0 Å². The van der Waals surface area contributed by atoms with Crippen LogP contribution in [0, 0.1) is 3.57 Å². The first-order valence-electron chi connectivity index (χ1n) is 7.88. The summed E-state index contributed by atoms with van der Waals surface area (Å²) >= 11 is 2.07. The summed E-state index contributed by atoms with van der Waals surface area (Å²) < 4.78 is 34.0. The van der Waals surface area contributed by atoms with Gasteiger partial charge < -0.3 is 4.74 Å². The number of fused-ring (bicyclic) bond motifs is 1. The molecule has 0 heterocycles. The van der Waals surface area contributed by atoms with E-state index in [1.807, 2.05) is 13.0 Å². The Hall–Kier alpha value is -1.12. The molecule has 2 aromatic rings. The maximum Gasteiger partial charge on any atom is 0.241 e. The normalized spacial score (nSPS) is 15.1. The summed E-state index contributed by atoms with van der Waals surface area (Å²) in [6.45, 7) is 1.88. The van der Waals surface area contributed by atoms with Crippen molar-refractivity contribution < 1.29 is 13.2 Å². The third kappa shape index (κ3) is 3.60. The highest BCUT2D eigenvalue weighted by molar-refractivity contribution is 14.1. The Morgan fingerprint density at radius 1 is 1.12 bits per heavy atom. The summed E-state index contributed by atoms with van der Waals surface area (Å²) in [5, 5.41) is 0. The van der Waals surface area contributed by atoms with Crippen LogP contribution in [0.15, 0.2) is 41.3 Å². The first kappa shape index (κ1) is 17.7. The molecular formula is C18H20INO3S. The predicted octanol–water partition coefficient (Wildman–Crippen LogP) is 3.83. The molecule has 0 unspecified atom stereocenters. The molecule has 2 aromatic carbocycles. The highest BCUT2D eigenvalue weighted by atomic mass is 127. The fourth-order valence-corrected chi connectivity index (χ4v) is 5.25. The molecule has 1 N–H and O–H groups in total. The van der Waals surface area contributed by atoms with Crippen LogP contribution >= 0.6 is 22.6 Å². The zero-order valence-corrected chi connectivity index (χ0v) is 16.6. The van der Waals surface area contributed by atoms with E-state index >= 15 is 0 Å². The summed E-state index contributed by atoms with van der Waals surface area (Å²) in [4.78, 5) is 0.251. The number of sulfonamides is 1. The van der Waals surface area contributed by atoms with E-state index in [4.69, 9.17) is 4.74 Å². The van der Waals surface area contributed by atoms with Crippen molar-refractivity contribution in [1.82, 2.24) is 4.72 Å². The Labute approximate surface area is 156 Å². The number of hydrogen-bond acceptors (Lipinski definition) is 3. The fraction of sp³-hybridized carbons (Fsp3) is 0.333. The molecule has 1 aliphatic rings. The van der Waals surface area contributed by atoms with Gasteiger partial charge in [-0.25, -0.2) is 13.1 Å². The Balaban J connectivity index is 1.82. The molecule has 0 bridgehead atoms. The van der Waals surface area contributed by atoms with Gasteiger partial charge in [0.25, 0.3) is 0 Å². The molecule has 128 valence electrons. The molecule has 6 heteroatoms. The number of hydrogen-bond donors (Lipinski definition) is 1. The standard InChI is InChI=1S/C18H20INO3S/c1-12(14-7-6-13-4-3-5-15(13)10-14)20-24(21,22)16-8-9-18(23-2)17(19)11-16/h6-12,20H,3-5H2,1-2H3/t12-/m1/s1. The highest BCUT2D eigenvalue weighted by Crippen LogP contribution is 2.27. The summed E-state index contributed by atoms with van der Waals surface area (Å²) in [7, 11) is -2.01. The number of ether oxygens (including phenoxy) is 1. The van der Waals surface area contributed by atoms with Crippen LogP contribution < -0.4 is 9.46 Å². The molecule has 0 fully saturated rings. The van der Waals surface area contributed by atoms with Gasteiger partial charge in [-0.3, -0.25) is 0 Å². The fourth-order valence-electron chi connectivity index (χ4n) is 3.04. The number of aryl methyl sites for hydroxylation is 2. The van der Waals surface area contributed by atoms with Crippen LogP contribution in [0.2, 0.25) is 0 Å². The van der Waals surface area contributed by atoms with Gasteiger partial charge in [-0.05, 0) is 83.7 Å². The second-order valence-electron chi connectivity index (χ2n) is 6.02. The van der Waals surface area contributed by atoms with Crippen molar-refractivity contribution in [3.8, 4) is 5.75 Å². The lowest BCUT2D eigenvalue weighted by Gasteiger charge is -2.16. The Kier molecular flexibility index (Phi) is 5.17. The van der Waals surface area contributed by atoms with E-state index in [0.717, 1.165) is 22.0 Å². The van der Waals surface area contributed by atoms with Gasteiger partial charge in [0.05, 0.1) is 15.6 Å². The summed E-state index contributed by atoms with van der Waals surface area (Å²) in [5.41, 5.74) is 3.73. The van der Waals surface area contributed by atoms with Crippen molar-refractivity contribution in [2.45, 2.75) is 37.1 Å². The third-order valence-electron chi connectivity index (χ3n) is 4.39. The molecule has 0 aliphatic heterocycles. The molecule has 0 spiro atoms. The Morgan fingerprint density at radius 2 is 1.88 bits per heavy atom. The summed E-state index contributed by atoms with van der Waals surface area (Å²) in [6.07, 6.45) is 3.39. The molecule has 1 aliphatic carbocycles. The molecule has 1 atom stereocenters. The number of methoxy groups -OCH3 is 1. The average Bonchev–Trinajstić information content (AvgIpc) is 3.01. The lowest BCUT2D eigenvalue weighted by molar-refractivity contribution is 0.411. The second-order valence-corrected chi connectivity index (χ2v) is 8.90. The molecule has 0 saturated carbocycles. The largest absolute Gasteiger partial charge is 0.496 e. The number of rotatable bonds is 5. The van der Waals surface area contributed by atoms with Crippen molar-refractivity contribution >= 4 is 32.6 Å². The van der Waals surface area contributed by atoms with E-state index in [1.54, 1.807) is 25.3 Å². The van der Waals surface area contributed by atoms with Gasteiger partial charge in [0.15, 0.2) is 0 Å². The summed E-state index contributed by atoms with van der Waals surface area (Å²) in [6, 6.07) is 10.9. The van der Waals surface area contributed by atoms with Gasteiger partial charge in [-0.1, -0.05) is 18.2 Å². The predicted molar refractivity (Wildman–Crippen MR) is 103 cm³/mol. The van der Waals surface area contributed by atoms with Crippen LogP contribution in [0.5, 0.6) is 5.75 Å². The van der Waals surface area contributed by atoms with E-state index < -0.39 is 10.0 Å². The van der Waals surface area contributed by atoms with Crippen LogP contribution in [0.25, 0.3) is 0 Å². The molecule has 0 aromatic heterocycles. The van der Waals surface area contributed by atoms with Crippen LogP contribution in [0.1, 0.15) is 36.1 Å². The minimum Gasteiger partial charge on any atom is -0.496 e. The van der Waals surface area contributed by atoms with E-state index in [2.05, 4.69) is 39.4 Å². The molecule has 3 rings (SSSR count). The van der Waals surface area contributed by atoms with E-state index in [0.29, 0.717) is 5.75 Å². The minimum atomic E-state index is -3.58. The van der Waals surface area contributed by atoms with Gasteiger partial charge in [-0.15, -0.1) is 0 Å². The minimum absolute atomic E-state index is 0.251. The van der Waals surface area contributed by atoms with Crippen molar-refractivity contribution in [3.63, 3.8) is 0 Å². The number of nitrogens with one attached hydrogen (secondary N) is 1. The maximum atomic E-state index is 12.6. The lowest BCUT2D eigenvalue weighted by Crippen LogP contribution is -2.27.